The first-order valence-corrected chi connectivity index (χ1v) is 8.60. The number of hydrogen-bond donors (Lipinski definition) is 3. The fraction of sp³-hybridized carbons (Fsp3) is 0.118. The van der Waals surface area contributed by atoms with Gasteiger partial charge in [-0.05, 0) is 65.4 Å². The molecule has 130 valence electrons. The Morgan fingerprint density at radius 2 is 1.84 bits per heavy atom. The van der Waals surface area contributed by atoms with Crippen LogP contribution in [0.3, 0.4) is 0 Å². The van der Waals surface area contributed by atoms with Crippen LogP contribution >= 0.6 is 28.1 Å². The Labute approximate surface area is 159 Å². The molecule has 3 N–H and O–H groups in total. The monoisotopic (exact) mass is 421 g/mol. The first kappa shape index (κ1) is 18.9. The van der Waals surface area contributed by atoms with Crippen molar-refractivity contribution in [3.63, 3.8) is 0 Å². The van der Waals surface area contributed by atoms with E-state index in [1.54, 1.807) is 48.5 Å². The molecule has 0 aliphatic carbocycles. The second kappa shape index (κ2) is 9.14. The van der Waals surface area contributed by atoms with Crippen molar-refractivity contribution in [1.82, 2.24) is 16.2 Å². The molecule has 0 aliphatic rings. The molecule has 0 fully saturated rings. The van der Waals surface area contributed by atoms with Crippen LogP contribution in [0.25, 0.3) is 0 Å². The van der Waals surface area contributed by atoms with Crippen LogP contribution in [-0.2, 0) is 0 Å². The van der Waals surface area contributed by atoms with E-state index in [4.69, 9.17) is 17.0 Å². The molecule has 8 heteroatoms. The molecule has 2 aromatic rings. The summed E-state index contributed by atoms with van der Waals surface area (Å²) >= 11 is 8.31. The Bertz CT molecular complexity index is 798. The lowest BCUT2D eigenvalue weighted by atomic mass is 10.2. The van der Waals surface area contributed by atoms with Gasteiger partial charge >= 0.3 is 0 Å². The molecule has 2 rings (SSSR count). The van der Waals surface area contributed by atoms with Crippen LogP contribution < -0.4 is 20.9 Å². The second-order valence-corrected chi connectivity index (χ2v) is 6.07. The summed E-state index contributed by atoms with van der Waals surface area (Å²) in [5.74, 6) is -0.201. The Morgan fingerprint density at radius 1 is 1.08 bits per heavy atom. The summed E-state index contributed by atoms with van der Waals surface area (Å²) in [7, 11) is 0. The summed E-state index contributed by atoms with van der Waals surface area (Å²) in [5, 5.41) is 2.47. The Morgan fingerprint density at radius 3 is 2.56 bits per heavy atom. The molecule has 0 saturated carbocycles. The lowest BCUT2D eigenvalue weighted by Gasteiger charge is -2.12. The van der Waals surface area contributed by atoms with Crippen molar-refractivity contribution < 1.29 is 14.3 Å². The number of nitrogens with one attached hydrogen (secondary N) is 3. The number of benzene rings is 2. The minimum absolute atomic E-state index is 0.0211. The zero-order valence-electron chi connectivity index (χ0n) is 13.3. The van der Waals surface area contributed by atoms with Crippen molar-refractivity contribution in [1.29, 1.82) is 0 Å². The molecule has 2 aromatic carbocycles. The van der Waals surface area contributed by atoms with Gasteiger partial charge in [-0.25, -0.2) is 0 Å². The summed E-state index contributed by atoms with van der Waals surface area (Å²) in [6, 6.07) is 13.7. The predicted octanol–water partition coefficient (Wildman–Crippen LogP) is 2.80. The van der Waals surface area contributed by atoms with Gasteiger partial charge in [-0.15, -0.1) is 0 Å². The van der Waals surface area contributed by atoms with Crippen molar-refractivity contribution in [2.24, 2.45) is 0 Å². The van der Waals surface area contributed by atoms with Gasteiger partial charge < -0.3 is 4.74 Å². The van der Waals surface area contributed by atoms with E-state index >= 15 is 0 Å². The van der Waals surface area contributed by atoms with Crippen molar-refractivity contribution >= 4 is 45.1 Å². The quantitative estimate of drug-likeness (QED) is 0.522. The summed E-state index contributed by atoms with van der Waals surface area (Å²) in [6.45, 7) is 2.37. The minimum atomic E-state index is -0.408. The molecule has 0 saturated heterocycles. The van der Waals surface area contributed by atoms with Gasteiger partial charge in [-0.3, -0.25) is 25.8 Å². The van der Waals surface area contributed by atoms with E-state index in [1.165, 1.54) is 0 Å². The van der Waals surface area contributed by atoms with Crippen molar-refractivity contribution in [2.45, 2.75) is 6.92 Å². The third-order valence-electron chi connectivity index (χ3n) is 3.04. The maximum atomic E-state index is 12.2. The van der Waals surface area contributed by atoms with Crippen LogP contribution in [0.5, 0.6) is 5.75 Å². The molecule has 0 unspecified atom stereocenters. The van der Waals surface area contributed by atoms with E-state index in [0.717, 1.165) is 0 Å². The molecule has 0 heterocycles. The van der Waals surface area contributed by atoms with E-state index in [0.29, 0.717) is 28.0 Å². The highest BCUT2D eigenvalue weighted by molar-refractivity contribution is 9.10. The molecule has 2 amide bonds. The van der Waals surface area contributed by atoms with Gasteiger partial charge in [0.05, 0.1) is 12.2 Å². The number of hydrazine groups is 1. The molecule has 25 heavy (non-hydrogen) atoms. The highest BCUT2D eigenvalue weighted by atomic mass is 79.9. The van der Waals surface area contributed by atoms with Crippen LogP contribution in [0, 0.1) is 0 Å². The number of amides is 2. The zero-order chi connectivity index (χ0) is 18.2. The van der Waals surface area contributed by atoms with Crippen LogP contribution in [0.4, 0.5) is 0 Å². The van der Waals surface area contributed by atoms with E-state index in [1.807, 2.05) is 6.92 Å². The van der Waals surface area contributed by atoms with Crippen LogP contribution in [-0.4, -0.2) is 23.5 Å². The standard InChI is InChI=1S/C17H16BrN3O3S/c1-2-24-12-7-5-6-11(10-12)15(22)19-17(25)21-20-16(23)13-8-3-4-9-14(13)18/h3-10H,2H2,1H3,(H,20,23)(H2,19,21,22,25). The largest absolute Gasteiger partial charge is 0.494 e. The van der Waals surface area contributed by atoms with Crippen LogP contribution in [0.15, 0.2) is 53.0 Å². The lowest BCUT2D eigenvalue weighted by molar-refractivity contribution is 0.0934. The number of hydrogen-bond acceptors (Lipinski definition) is 4. The van der Waals surface area contributed by atoms with Crippen molar-refractivity contribution in [3.05, 3.63) is 64.1 Å². The maximum Gasteiger partial charge on any atom is 0.270 e. The smallest absolute Gasteiger partial charge is 0.270 e. The molecule has 0 aromatic heterocycles. The van der Waals surface area contributed by atoms with Gasteiger partial charge in [0.15, 0.2) is 5.11 Å². The van der Waals surface area contributed by atoms with E-state index in [2.05, 4.69) is 32.1 Å². The fourth-order valence-electron chi connectivity index (χ4n) is 1.93. The molecule has 0 radical (unpaired) electrons. The summed E-state index contributed by atoms with van der Waals surface area (Å²) in [4.78, 5) is 24.2. The van der Waals surface area contributed by atoms with Crippen molar-refractivity contribution in [3.8, 4) is 5.75 Å². The SMILES string of the molecule is CCOc1cccc(C(=O)NC(=S)NNC(=O)c2ccccc2Br)c1. The van der Waals surface area contributed by atoms with Crippen LogP contribution in [0.2, 0.25) is 0 Å². The van der Waals surface area contributed by atoms with E-state index in [-0.39, 0.29) is 11.0 Å². The Hall–Kier alpha value is -2.45. The summed E-state index contributed by atoms with van der Waals surface area (Å²) < 4.78 is 6.00. The molecular weight excluding hydrogens is 406 g/mol. The fourth-order valence-corrected chi connectivity index (χ4v) is 2.54. The first-order chi connectivity index (χ1) is 12.0. The number of thiocarbonyl (C=S) groups is 1. The Kier molecular flexibility index (Phi) is 6.91. The average Bonchev–Trinajstić information content (AvgIpc) is 2.60. The average molecular weight is 422 g/mol. The third-order valence-corrected chi connectivity index (χ3v) is 3.94. The lowest BCUT2D eigenvalue weighted by Crippen LogP contribution is -2.48. The molecule has 6 nitrogen and oxygen atoms in total. The number of ether oxygens (including phenoxy) is 1. The minimum Gasteiger partial charge on any atom is -0.494 e. The number of rotatable bonds is 4. The summed E-state index contributed by atoms with van der Waals surface area (Å²) in [5.41, 5.74) is 5.76. The first-order valence-electron chi connectivity index (χ1n) is 7.40. The zero-order valence-corrected chi connectivity index (χ0v) is 15.7. The summed E-state index contributed by atoms with van der Waals surface area (Å²) in [6.07, 6.45) is 0. The highest BCUT2D eigenvalue weighted by Crippen LogP contribution is 2.15. The predicted molar refractivity (Wildman–Crippen MR) is 102 cm³/mol. The van der Waals surface area contributed by atoms with Gasteiger partial charge in [-0.1, -0.05) is 18.2 Å². The van der Waals surface area contributed by atoms with Gasteiger partial charge in [0.25, 0.3) is 11.8 Å². The van der Waals surface area contributed by atoms with Gasteiger partial charge in [-0.2, -0.15) is 0 Å². The molecule has 0 atom stereocenters. The van der Waals surface area contributed by atoms with Gasteiger partial charge in [0.1, 0.15) is 5.75 Å². The van der Waals surface area contributed by atoms with Crippen LogP contribution in [0.1, 0.15) is 27.6 Å². The number of carbonyl (C=O) groups is 2. The molecule has 0 bridgehead atoms. The highest BCUT2D eigenvalue weighted by Gasteiger charge is 2.11. The third kappa shape index (κ3) is 5.54. The maximum absolute atomic E-state index is 12.2. The van der Waals surface area contributed by atoms with E-state index < -0.39 is 5.91 Å². The molecule has 0 aliphatic heterocycles. The number of halogens is 1. The van der Waals surface area contributed by atoms with E-state index in [9.17, 15) is 9.59 Å². The molecular formula is C17H16BrN3O3S. The normalized spacial score (nSPS) is 9.84. The Balaban J connectivity index is 1.89. The second-order valence-electron chi connectivity index (χ2n) is 4.80. The topological polar surface area (TPSA) is 79.5 Å². The van der Waals surface area contributed by atoms with Gasteiger partial charge in [0, 0.05) is 10.0 Å². The molecule has 0 spiro atoms. The van der Waals surface area contributed by atoms with Gasteiger partial charge in [0.2, 0.25) is 0 Å². The van der Waals surface area contributed by atoms with Crippen molar-refractivity contribution in [2.75, 3.05) is 6.61 Å². The number of carbonyl (C=O) groups excluding carboxylic acids is 2.